The smallest absolute Gasteiger partial charge is 0.249 e. The van der Waals surface area contributed by atoms with Crippen LogP contribution in [0.1, 0.15) is 25.7 Å². The molecule has 1 atom stereocenters. The molecule has 0 bridgehead atoms. The Morgan fingerprint density at radius 2 is 1.75 bits per heavy atom. The summed E-state index contributed by atoms with van der Waals surface area (Å²) >= 11 is 5.75. The van der Waals surface area contributed by atoms with Crippen molar-refractivity contribution in [3.63, 3.8) is 0 Å². The third kappa shape index (κ3) is 3.94. The minimum atomic E-state index is -3.81. The Bertz CT molecular complexity index is 937. The lowest BCUT2D eigenvalue weighted by atomic mass is 10.3. The second-order valence-electron chi connectivity index (χ2n) is 5.15. The van der Waals surface area contributed by atoms with E-state index in [1.165, 1.54) is 28.8 Å². The minimum Gasteiger partial charge on any atom is -0.301 e. The first-order chi connectivity index (χ1) is 11.1. The van der Waals surface area contributed by atoms with Gasteiger partial charge < -0.3 is 4.57 Å². The van der Waals surface area contributed by atoms with Crippen molar-refractivity contribution in [1.82, 2.24) is 19.5 Å². The number of hydrogen-bond donors (Lipinski definition) is 1. The van der Waals surface area contributed by atoms with E-state index in [2.05, 4.69) is 14.9 Å². The van der Waals surface area contributed by atoms with E-state index in [4.69, 9.17) is 11.6 Å². The van der Waals surface area contributed by atoms with Crippen LogP contribution in [-0.4, -0.2) is 37.9 Å². The Hall–Kier alpha value is -1.49. The molecule has 0 radical (unpaired) electrons. The van der Waals surface area contributed by atoms with E-state index in [-0.39, 0.29) is 22.4 Å². The molecule has 0 fully saturated rings. The summed E-state index contributed by atoms with van der Waals surface area (Å²) in [7, 11) is -7.38. The van der Waals surface area contributed by atoms with Gasteiger partial charge in [-0.25, -0.2) is 21.6 Å². The molecular weight excluding hydrogens is 376 g/mol. The van der Waals surface area contributed by atoms with Gasteiger partial charge in [0.1, 0.15) is 0 Å². The van der Waals surface area contributed by atoms with Crippen molar-refractivity contribution >= 4 is 31.5 Å². The zero-order valence-electron chi connectivity index (χ0n) is 13.3. The summed E-state index contributed by atoms with van der Waals surface area (Å²) < 4.78 is 52.1. The maximum absolute atomic E-state index is 12.4. The van der Waals surface area contributed by atoms with Gasteiger partial charge in [0.25, 0.3) is 0 Å². The van der Waals surface area contributed by atoms with E-state index in [0.29, 0.717) is 5.02 Å². The van der Waals surface area contributed by atoms with E-state index >= 15 is 0 Å². The number of halogens is 1. The van der Waals surface area contributed by atoms with Crippen molar-refractivity contribution in [2.45, 2.75) is 36.5 Å². The topological polar surface area (TPSA) is 111 Å². The lowest BCUT2D eigenvalue weighted by Gasteiger charge is -2.15. The molecule has 1 heterocycles. The van der Waals surface area contributed by atoms with Gasteiger partial charge in [0.15, 0.2) is 5.82 Å². The first-order valence-electron chi connectivity index (χ1n) is 6.97. The van der Waals surface area contributed by atoms with Crippen LogP contribution in [0, 0.1) is 0 Å². The van der Waals surface area contributed by atoms with E-state index in [9.17, 15) is 16.8 Å². The summed E-state index contributed by atoms with van der Waals surface area (Å²) in [4.78, 5) is 0.0460. The van der Waals surface area contributed by atoms with Gasteiger partial charge in [0.2, 0.25) is 25.0 Å². The summed E-state index contributed by atoms with van der Waals surface area (Å²) in [5, 5.41) is 7.72. The highest BCUT2D eigenvalue weighted by Gasteiger charge is 2.26. The van der Waals surface area contributed by atoms with Crippen LogP contribution in [0.2, 0.25) is 5.02 Å². The Morgan fingerprint density at radius 3 is 2.25 bits per heavy atom. The average molecular weight is 393 g/mol. The quantitative estimate of drug-likeness (QED) is 0.795. The first-order valence-corrected chi connectivity index (χ1v) is 10.7. The van der Waals surface area contributed by atoms with Gasteiger partial charge in [-0.1, -0.05) is 11.6 Å². The summed E-state index contributed by atoms with van der Waals surface area (Å²) in [6, 6.07) is 4.93. The van der Waals surface area contributed by atoms with Crippen LogP contribution < -0.4 is 4.72 Å². The lowest BCUT2D eigenvalue weighted by molar-refractivity contribution is 0.532. The number of aromatic nitrogens is 3. The summed E-state index contributed by atoms with van der Waals surface area (Å²) in [5.74, 6) is 0.218. The molecule has 1 N–H and O–H groups in total. The second-order valence-corrected chi connectivity index (χ2v) is 9.21. The zero-order chi connectivity index (χ0) is 18.1. The van der Waals surface area contributed by atoms with E-state index < -0.39 is 25.9 Å². The van der Waals surface area contributed by atoms with Crippen molar-refractivity contribution in [3.8, 4) is 0 Å². The number of sulfone groups is 1. The molecule has 2 aromatic rings. The Morgan fingerprint density at radius 1 is 1.17 bits per heavy atom. The zero-order valence-corrected chi connectivity index (χ0v) is 15.7. The van der Waals surface area contributed by atoms with Crippen LogP contribution >= 0.6 is 11.6 Å². The number of hydrogen-bond acceptors (Lipinski definition) is 6. The summed E-state index contributed by atoms with van der Waals surface area (Å²) in [6.45, 7) is 3.58. The molecule has 0 saturated carbocycles. The molecule has 11 heteroatoms. The Labute approximate surface area is 145 Å². The molecule has 24 heavy (non-hydrogen) atoms. The number of nitrogens with one attached hydrogen (secondary N) is 1. The van der Waals surface area contributed by atoms with Crippen molar-refractivity contribution in [2.24, 2.45) is 0 Å². The summed E-state index contributed by atoms with van der Waals surface area (Å²) in [6.07, 6.45) is 1.02. The van der Waals surface area contributed by atoms with Gasteiger partial charge >= 0.3 is 0 Å². The fourth-order valence-corrected chi connectivity index (χ4v) is 4.30. The molecule has 0 aliphatic rings. The normalized spacial score (nSPS) is 13.8. The third-order valence-corrected chi connectivity index (χ3v) is 6.01. The number of nitrogens with zero attached hydrogens (tertiary/aromatic N) is 3. The standard InChI is InChI=1S/C13H17ClN4O4S2/c1-4-18-12(15-16-13(18)23(3,19)20)9(2)17-24(21,22)11-7-5-10(14)6-8-11/h5-9,17H,4H2,1-3H3/t9-/m1/s1. The molecule has 0 spiro atoms. The molecule has 0 amide bonds. The largest absolute Gasteiger partial charge is 0.301 e. The van der Waals surface area contributed by atoms with Gasteiger partial charge in [0, 0.05) is 17.8 Å². The highest BCUT2D eigenvalue weighted by Crippen LogP contribution is 2.19. The predicted molar refractivity (Wildman–Crippen MR) is 89.0 cm³/mol. The maximum atomic E-state index is 12.4. The highest BCUT2D eigenvalue weighted by molar-refractivity contribution is 7.90. The molecule has 1 aromatic heterocycles. The average Bonchev–Trinajstić information content (AvgIpc) is 2.91. The predicted octanol–water partition coefficient (Wildman–Crippen LogP) is 1.39. The van der Waals surface area contributed by atoms with Gasteiger partial charge in [-0.05, 0) is 38.1 Å². The number of benzene rings is 1. The fraction of sp³-hybridized carbons (Fsp3) is 0.385. The van der Waals surface area contributed by atoms with Crippen LogP contribution in [-0.2, 0) is 26.4 Å². The molecule has 0 aliphatic carbocycles. The second kappa shape index (κ2) is 6.79. The van der Waals surface area contributed by atoms with Crippen molar-refractivity contribution in [1.29, 1.82) is 0 Å². The van der Waals surface area contributed by atoms with E-state index in [0.717, 1.165) is 6.26 Å². The first kappa shape index (κ1) is 18.8. The monoisotopic (exact) mass is 392 g/mol. The molecule has 2 rings (SSSR count). The van der Waals surface area contributed by atoms with Crippen LogP contribution in [0.5, 0.6) is 0 Å². The lowest BCUT2D eigenvalue weighted by Crippen LogP contribution is -2.29. The Kier molecular flexibility index (Phi) is 5.33. The van der Waals surface area contributed by atoms with Crippen LogP contribution in [0.3, 0.4) is 0 Å². The van der Waals surface area contributed by atoms with Crippen molar-refractivity contribution in [3.05, 3.63) is 35.1 Å². The summed E-state index contributed by atoms with van der Waals surface area (Å²) in [5.41, 5.74) is 0. The van der Waals surface area contributed by atoms with E-state index in [1.54, 1.807) is 13.8 Å². The molecule has 0 aliphatic heterocycles. The molecular formula is C13H17ClN4O4S2. The van der Waals surface area contributed by atoms with Gasteiger partial charge in [0.05, 0.1) is 10.9 Å². The SMILES string of the molecule is CCn1c([C@@H](C)NS(=O)(=O)c2ccc(Cl)cc2)nnc1S(C)(=O)=O. The maximum Gasteiger partial charge on any atom is 0.249 e. The van der Waals surface area contributed by atoms with Crippen LogP contribution in [0.25, 0.3) is 0 Å². The fourth-order valence-electron chi connectivity index (χ4n) is 2.16. The van der Waals surface area contributed by atoms with Crippen LogP contribution in [0.4, 0.5) is 0 Å². The molecule has 0 unspecified atom stereocenters. The van der Waals surface area contributed by atoms with Crippen LogP contribution in [0.15, 0.2) is 34.3 Å². The highest BCUT2D eigenvalue weighted by atomic mass is 35.5. The van der Waals surface area contributed by atoms with Gasteiger partial charge in [-0.15, -0.1) is 10.2 Å². The Balaban J connectivity index is 2.35. The van der Waals surface area contributed by atoms with Crippen molar-refractivity contribution < 1.29 is 16.8 Å². The molecule has 0 saturated heterocycles. The third-order valence-electron chi connectivity index (χ3n) is 3.24. The van der Waals surface area contributed by atoms with E-state index in [1.807, 2.05) is 0 Å². The molecule has 132 valence electrons. The molecule has 1 aromatic carbocycles. The minimum absolute atomic E-state index is 0.0460. The molecule has 8 nitrogen and oxygen atoms in total. The number of rotatable bonds is 6. The van der Waals surface area contributed by atoms with Gasteiger partial charge in [-0.2, -0.15) is 0 Å². The number of sulfonamides is 1. The van der Waals surface area contributed by atoms with Gasteiger partial charge in [-0.3, -0.25) is 0 Å². The van der Waals surface area contributed by atoms with Crippen molar-refractivity contribution in [2.75, 3.05) is 6.26 Å².